The number of benzene rings is 1. The summed E-state index contributed by atoms with van der Waals surface area (Å²) >= 11 is 8.40. The summed E-state index contributed by atoms with van der Waals surface area (Å²) < 4.78 is 0.604. The summed E-state index contributed by atoms with van der Waals surface area (Å²) in [5, 5.41) is 11.4. The number of halogens is 1. The molecule has 1 saturated heterocycles. The van der Waals surface area contributed by atoms with Crippen molar-refractivity contribution in [3.05, 3.63) is 34.3 Å². The van der Waals surface area contributed by atoms with Crippen LogP contribution in [0.3, 0.4) is 0 Å². The Balaban J connectivity index is 1.49. The molecule has 1 fully saturated rings. The molecule has 0 atom stereocenters. The van der Waals surface area contributed by atoms with Crippen molar-refractivity contribution < 1.29 is 9.59 Å². The molecular formula is C17H20ClN5O2S2. The number of carbonyl (C=O) groups is 2. The standard InChI is InChI=1S/C17H20ClN5O2S2/c1-2-22-6-8-23(9-7-22)14(24)11-26-17-21-20-16(27-17)15(25)19-13-5-3-4-12(18)10-13/h3-5,10H,2,6-9,11H2,1H3,(H,19,25). The maximum absolute atomic E-state index is 12.3. The molecule has 0 radical (unpaired) electrons. The molecule has 0 saturated carbocycles. The first kappa shape index (κ1) is 20.1. The van der Waals surface area contributed by atoms with Crippen LogP contribution in [0.1, 0.15) is 16.7 Å². The minimum absolute atomic E-state index is 0.0934. The fraction of sp³-hybridized carbons (Fsp3) is 0.412. The first-order valence-corrected chi connectivity index (χ1v) is 10.8. The first-order chi connectivity index (χ1) is 13.0. The van der Waals surface area contributed by atoms with Crippen molar-refractivity contribution >= 4 is 52.2 Å². The highest BCUT2D eigenvalue weighted by molar-refractivity contribution is 8.01. The molecule has 2 heterocycles. The summed E-state index contributed by atoms with van der Waals surface area (Å²) in [6, 6.07) is 6.89. The zero-order valence-corrected chi connectivity index (χ0v) is 17.2. The van der Waals surface area contributed by atoms with Crippen LogP contribution in [0.4, 0.5) is 5.69 Å². The summed E-state index contributed by atoms with van der Waals surface area (Å²) in [6.07, 6.45) is 0. The number of carbonyl (C=O) groups excluding carboxylic acids is 2. The van der Waals surface area contributed by atoms with Gasteiger partial charge in [0.05, 0.1) is 5.75 Å². The predicted octanol–water partition coefficient (Wildman–Crippen LogP) is 2.70. The second kappa shape index (κ2) is 9.50. The molecule has 144 valence electrons. The van der Waals surface area contributed by atoms with Crippen LogP contribution in [0.15, 0.2) is 28.6 Å². The normalized spacial score (nSPS) is 15.0. The van der Waals surface area contributed by atoms with Gasteiger partial charge in [0.2, 0.25) is 10.9 Å². The maximum Gasteiger partial charge on any atom is 0.286 e. The highest BCUT2D eigenvalue weighted by atomic mass is 35.5. The van der Waals surface area contributed by atoms with E-state index in [1.165, 1.54) is 23.1 Å². The lowest BCUT2D eigenvalue weighted by molar-refractivity contribution is -0.130. The number of likely N-dealkylation sites (N-methyl/N-ethyl adjacent to an activating group) is 1. The quantitative estimate of drug-likeness (QED) is 0.717. The predicted molar refractivity (Wildman–Crippen MR) is 109 cm³/mol. The van der Waals surface area contributed by atoms with Gasteiger partial charge in [-0.1, -0.05) is 47.7 Å². The summed E-state index contributed by atoms with van der Waals surface area (Å²) in [4.78, 5) is 28.8. The number of amides is 2. The third kappa shape index (κ3) is 5.65. The van der Waals surface area contributed by atoms with Crippen LogP contribution in [-0.2, 0) is 4.79 Å². The molecule has 27 heavy (non-hydrogen) atoms. The van der Waals surface area contributed by atoms with E-state index in [9.17, 15) is 9.59 Å². The molecule has 0 bridgehead atoms. The third-order valence-corrected chi connectivity index (χ3v) is 6.45. The van der Waals surface area contributed by atoms with Crippen LogP contribution in [-0.4, -0.2) is 70.3 Å². The van der Waals surface area contributed by atoms with Gasteiger partial charge >= 0.3 is 0 Å². The molecule has 7 nitrogen and oxygen atoms in total. The van der Waals surface area contributed by atoms with Crippen LogP contribution < -0.4 is 5.32 Å². The van der Waals surface area contributed by atoms with E-state index in [-0.39, 0.29) is 16.8 Å². The zero-order valence-electron chi connectivity index (χ0n) is 14.9. The Morgan fingerprint density at radius 3 is 2.74 bits per heavy atom. The van der Waals surface area contributed by atoms with E-state index in [1.807, 2.05) is 4.90 Å². The van der Waals surface area contributed by atoms with Crippen LogP contribution >= 0.6 is 34.7 Å². The lowest BCUT2D eigenvalue weighted by Crippen LogP contribution is -2.49. The molecule has 1 aliphatic rings. The summed E-state index contributed by atoms with van der Waals surface area (Å²) in [7, 11) is 0. The van der Waals surface area contributed by atoms with Crippen LogP contribution in [0.25, 0.3) is 0 Å². The van der Waals surface area contributed by atoms with E-state index in [4.69, 9.17) is 11.6 Å². The van der Waals surface area contributed by atoms with Crippen molar-refractivity contribution in [1.29, 1.82) is 0 Å². The first-order valence-electron chi connectivity index (χ1n) is 8.58. The minimum Gasteiger partial charge on any atom is -0.339 e. The molecule has 3 rings (SSSR count). The maximum atomic E-state index is 12.3. The molecule has 0 aliphatic carbocycles. The summed E-state index contributed by atoms with van der Waals surface area (Å²) in [5.41, 5.74) is 0.596. The third-order valence-electron chi connectivity index (χ3n) is 4.17. The fourth-order valence-electron chi connectivity index (χ4n) is 2.64. The number of anilines is 1. The molecule has 1 aromatic carbocycles. The average Bonchev–Trinajstić information content (AvgIpc) is 3.15. The zero-order chi connectivity index (χ0) is 19.2. The second-order valence-corrected chi connectivity index (χ2v) is 8.58. The summed E-state index contributed by atoms with van der Waals surface area (Å²) in [5.74, 6) is 0.0518. The topological polar surface area (TPSA) is 78.4 Å². The van der Waals surface area contributed by atoms with Crippen molar-refractivity contribution in [2.75, 3.05) is 43.8 Å². The Labute approximate surface area is 171 Å². The Morgan fingerprint density at radius 2 is 2.04 bits per heavy atom. The van der Waals surface area contributed by atoms with Gasteiger partial charge in [-0.2, -0.15) is 0 Å². The highest BCUT2D eigenvalue weighted by Gasteiger charge is 2.21. The van der Waals surface area contributed by atoms with Crippen molar-refractivity contribution in [2.45, 2.75) is 11.3 Å². The van der Waals surface area contributed by atoms with E-state index in [1.54, 1.807) is 24.3 Å². The second-order valence-electron chi connectivity index (χ2n) is 5.94. The number of hydrogen-bond acceptors (Lipinski definition) is 7. The molecule has 0 spiro atoms. The summed E-state index contributed by atoms with van der Waals surface area (Å²) in [6.45, 7) is 6.50. The number of thioether (sulfide) groups is 1. The Bertz CT molecular complexity index is 808. The van der Waals surface area contributed by atoms with E-state index in [0.29, 0.717) is 20.8 Å². The fourth-order valence-corrected chi connectivity index (χ4v) is 4.48. The molecule has 1 N–H and O–H groups in total. The molecule has 1 aliphatic heterocycles. The lowest BCUT2D eigenvalue weighted by atomic mass is 10.3. The van der Waals surface area contributed by atoms with Crippen LogP contribution in [0.5, 0.6) is 0 Å². The van der Waals surface area contributed by atoms with Gasteiger partial charge in [0, 0.05) is 36.9 Å². The average molecular weight is 426 g/mol. The lowest BCUT2D eigenvalue weighted by Gasteiger charge is -2.33. The van der Waals surface area contributed by atoms with Gasteiger partial charge in [0.1, 0.15) is 0 Å². The highest BCUT2D eigenvalue weighted by Crippen LogP contribution is 2.24. The van der Waals surface area contributed by atoms with Crippen molar-refractivity contribution in [3.8, 4) is 0 Å². The number of nitrogens with one attached hydrogen (secondary N) is 1. The smallest absolute Gasteiger partial charge is 0.286 e. The number of aromatic nitrogens is 2. The number of piperazine rings is 1. The van der Waals surface area contributed by atoms with Gasteiger partial charge in [0.25, 0.3) is 5.91 Å². The largest absolute Gasteiger partial charge is 0.339 e. The minimum atomic E-state index is -0.344. The van der Waals surface area contributed by atoms with Crippen LogP contribution in [0, 0.1) is 0 Å². The molecular weight excluding hydrogens is 406 g/mol. The van der Waals surface area contributed by atoms with Crippen molar-refractivity contribution in [2.24, 2.45) is 0 Å². The molecule has 1 aromatic heterocycles. The van der Waals surface area contributed by atoms with Crippen LogP contribution in [0.2, 0.25) is 5.02 Å². The Hall–Kier alpha value is -1.68. The van der Waals surface area contributed by atoms with Crippen molar-refractivity contribution in [1.82, 2.24) is 20.0 Å². The van der Waals surface area contributed by atoms with E-state index in [2.05, 4.69) is 27.3 Å². The Morgan fingerprint density at radius 1 is 1.26 bits per heavy atom. The van der Waals surface area contributed by atoms with Gasteiger partial charge < -0.3 is 15.1 Å². The molecule has 10 heteroatoms. The van der Waals surface area contributed by atoms with Gasteiger partial charge in [-0.15, -0.1) is 10.2 Å². The molecule has 2 amide bonds. The van der Waals surface area contributed by atoms with Gasteiger partial charge in [0.15, 0.2) is 4.34 Å². The number of hydrogen-bond donors (Lipinski definition) is 1. The van der Waals surface area contributed by atoms with Crippen molar-refractivity contribution in [3.63, 3.8) is 0 Å². The molecule has 0 unspecified atom stereocenters. The van der Waals surface area contributed by atoms with E-state index in [0.717, 1.165) is 32.7 Å². The Kier molecular flexibility index (Phi) is 7.06. The number of nitrogens with zero attached hydrogens (tertiary/aromatic N) is 4. The van der Waals surface area contributed by atoms with Gasteiger partial charge in [-0.3, -0.25) is 9.59 Å². The van der Waals surface area contributed by atoms with E-state index >= 15 is 0 Å². The monoisotopic (exact) mass is 425 g/mol. The number of rotatable bonds is 6. The van der Waals surface area contributed by atoms with E-state index < -0.39 is 0 Å². The molecule has 2 aromatic rings. The van der Waals surface area contributed by atoms with Gasteiger partial charge in [-0.25, -0.2) is 0 Å². The SMILES string of the molecule is CCN1CCN(C(=O)CSc2nnc(C(=O)Nc3cccc(Cl)c3)s2)CC1. The van der Waals surface area contributed by atoms with Gasteiger partial charge in [-0.05, 0) is 24.7 Å².